The van der Waals surface area contributed by atoms with Crippen LogP contribution in [0.5, 0.6) is 0 Å². The number of piperidine rings is 1. The van der Waals surface area contributed by atoms with Gasteiger partial charge in [0.25, 0.3) is 0 Å². The number of likely N-dealkylation sites (tertiary alicyclic amines) is 1. The first-order chi connectivity index (χ1) is 15.2. The van der Waals surface area contributed by atoms with E-state index in [-0.39, 0.29) is 0 Å². The highest BCUT2D eigenvalue weighted by molar-refractivity contribution is 6.33. The Kier molecular flexibility index (Phi) is 6.27. The summed E-state index contributed by atoms with van der Waals surface area (Å²) in [7, 11) is 0. The van der Waals surface area contributed by atoms with Crippen LogP contribution in [0.25, 0.3) is 17.2 Å². The topological polar surface area (TPSA) is 53.0 Å². The lowest BCUT2D eigenvalue weighted by atomic mass is 10.1. The Morgan fingerprint density at radius 1 is 0.903 bits per heavy atom. The number of benzene rings is 1. The number of aryl methyl sites for hydroxylation is 1. The van der Waals surface area contributed by atoms with Crippen LogP contribution < -0.4 is 0 Å². The second-order valence-electron chi connectivity index (χ2n) is 8.74. The zero-order valence-corrected chi connectivity index (χ0v) is 19.0. The summed E-state index contributed by atoms with van der Waals surface area (Å²) < 4.78 is 7.88. The van der Waals surface area contributed by atoms with Crippen molar-refractivity contribution in [1.29, 1.82) is 0 Å². The molecule has 4 heterocycles. The Morgan fingerprint density at radius 2 is 1.58 bits per heavy atom. The molecule has 166 valence electrons. The maximum atomic E-state index is 6.30. The van der Waals surface area contributed by atoms with E-state index in [1.807, 2.05) is 31.2 Å². The third-order valence-electron chi connectivity index (χ3n) is 6.64. The number of halogens is 1. The highest BCUT2D eigenvalue weighted by Crippen LogP contribution is 2.27. The van der Waals surface area contributed by atoms with Crippen LogP contribution in [-0.2, 0) is 6.54 Å². The van der Waals surface area contributed by atoms with Crippen molar-refractivity contribution >= 4 is 17.4 Å². The molecule has 2 fully saturated rings. The number of hydrogen-bond acceptors (Lipinski definition) is 6. The average molecular weight is 443 g/mol. The number of rotatable bonds is 6. The molecule has 0 unspecified atom stereocenters. The van der Waals surface area contributed by atoms with Crippen molar-refractivity contribution in [1.82, 2.24) is 29.3 Å². The van der Waals surface area contributed by atoms with Crippen LogP contribution in [0, 0.1) is 6.92 Å². The lowest BCUT2D eigenvalue weighted by Gasteiger charge is -2.36. The maximum absolute atomic E-state index is 6.30. The number of aromatic nitrogens is 3. The van der Waals surface area contributed by atoms with Gasteiger partial charge in [-0.15, -0.1) is 5.10 Å². The molecule has 5 rings (SSSR count). The van der Waals surface area contributed by atoms with Gasteiger partial charge in [-0.25, -0.2) is 0 Å². The van der Waals surface area contributed by atoms with E-state index < -0.39 is 0 Å². The number of piperazine rings is 1. The van der Waals surface area contributed by atoms with Crippen molar-refractivity contribution in [3.05, 3.63) is 40.7 Å². The number of hydrogen-bond donors (Lipinski definition) is 0. The standard InChI is InChI=1S/C23H31ClN6O/c1-18-21(31-23-25-22(26-30(18)23)19-7-3-4-8-20(19)24)17-29-15-13-28(14-16-29)12-11-27-9-5-2-6-10-27/h3-4,7-8H,2,5-6,9-17H2,1H3. The van der Waals surface area contributed by atoms with Crippen molar-refractivity contribution in [3.63, 3.8) is 0 Å². The van der Waals surface area contributed by atoms with Crippen molar-refractivity contribution in [2.45, 2.75) is 32.7 Å². The molecule has 8 heteroatoms. The van der Waals surface area contributed by atoms with E-state index in [1.165, 1.54) is 45.4 Å². The molecule has 0 N–H and O–H groups in total. The highest BCUT2D eigenvalue weighted by Gasteiger charge is 2.22. The molecule has 1 aromatic carbocycles. The van der Waals surface area contributed by atoms with E-state index in [9.17, 15) is 0 Å². The maximum Gasteiger partial charge on any atom is 0.325 e. The van der Waals surface area contributed by atoms with Gasteiger partial charge in [-0.05, 0) is 45.0 Å². The van der Waals surface area contributed by atoms with Crippen molar-refractivity contribution in [3.8, 4) is 11.4 Å². The van der Waals surface area contributed by atoms with Crippen LogP contribution in [0.2, 0.25) is 5.02 Å². The molecule has 0 amide bonds. The minimum Gasteiger partial charge on any atom is -0.425 e. The smallest absolute Gasteiger partial charge is 0.325 e. The summed E-state index contributed by atoms with van der Waals surface area (Å²) >= 11 is 6.30. The van der Waals surface area contributed by atoms with E-state index in [2.05, 4.69) is 24.8 Å². The van der Waals surface area contributed by atoms with Crippen LogP contribution in [0.3, 0.4) is 0 Å². The Bertz CT molecular complexity index is 1020. The fourth-order valence-electron chi connectivity index (χ4n) is 4.63. The first-order valence-corrected chi connectivity index (χ1v) is 11.8. The zero-order chi connectivity index (χ0) is 21.2. The van der Waals surface area contributed by atoms with E-state index in [4.69, 9.17) is 16.0 Å². The molecule has 7 nitrogen and oxygen atoms in total. The van der Waals surface area contributed by atoms with Crippen LogP contribution in [0.1, 0.15) is 30.7 Å². The van der Waals surface area contributed by atoms with Gasteiger partial charge in [0.1, 0.15) is 5.76 Å². The van der Waals surface area contributed by atoms with Crippen LogP contribution in [-0.4, -0.2) is 81.7 Å². The quantitative estimate of drug-likeness (QED) is 0.581. The minimum atomic E-state index is 0.530. The molecule has 0 spiro atoms. The van der Waals surface area contributed by atoms with E-state index >= 15 is 0 Å². The second-order valence-corrected chi connectivity index (χ2v) is 9.15. The first-order valence-electron chi connectivity index (χ1n) is 11.4. The largest absolute Gasteiger partial charge is 0.425 e. The molecule has 0 aliphatic carbocycles. The molecule has 2 aromatic heterocycles. The fraction of sp³-hybridized carbons (Fsp3) is 0.565. The molecule has 0 bridgehead atoms. The van der Waals surface area contributed by atoms with Gasteiger partial charge in [0, 0.05) is 44.8 Å². The monoisotopic (exact) mass is 442 g/mol. The van der Waals surface area contributed by atoms with Gasteiger partial charge in [-0.3, -0.25) is 9.80 Å². The molecule has 0 atom stereocenters. The lowest BCUT2D eigenvalue weighted by molar-refractivity contribution is 0.105. The third-order valence-corrected chi connectivity index (χ3v) is 6.97. The van der Waals surface area contributed by atoms with Crippen LogP contribution >= 0.6 is 11.6 Å². The normalized spacial score (nSPS) is 19.4. The Morgan fingerprint density at radius 3 is 2.29 bits per heavy atom. The molecule has 2 aliphatic rings. The van der Waals surface area contributed by atoms with E-state index in [0.717, 1.165) is 49.7 Å². The van der Waals surface area contributed by atoms with Gasteiger partial charge in [-0.1, -0.05) is 30.2 Å². The molecule has 2 saturated heterocycles. The average Bonchev–Trinajstić information content (AvgIpc) is 3.33. The summed E-state index contributed by atoms with van der Waals surface area (Å²) in [6.07, 6.45) is 4.14. The molecular formula is C23H31ClN6O. The summed E-state index contributed by atoms with van der Waals surface area (Å²) in [5.41, 5.74) is 1.83. The van der Waals surface area contributed by atoms with Gasteiger partial charge in [0.05, 0.1) is 17.3 Å². The summed E-state index contributed by atoms with van der Waals surface area (Å²) in [6, 6.07) is 7.62. The highest BCUT2D eigenvalue weighted by atomic mass is 35.5. The summed E-state index contributed by atoms with van der Waals surface area (Å²) in [5, 5.41) is 5.28. The summed E-state index contributed by atoms with van der Waals surface area (Å²) in [4.78, 5) is 12.3. The van der Waals surface area contributed by atoms with Gasteiger partial charge in [-0.2, -0.15) is 9.50 Å². The number of nitrogens with zero attached hydrogens (tertiary/aromatic N) is 6. The number of fused-ring (bicyclic) bond motifs is 1. The van der Waals surface area contributed by atoms with Gasteiger partial charge in [0.15, 0.2) is 5.82 Å². The minimum absolute atomic E-state index is 0.530. The molecule has 3 aromatic rings. The fourth-order valence-corrected chi connectivity index (χ4v) is 4.85. The van der Waals surface area contributed by atoms with Crippen LogP contribution in [0.4, 0.5) is 0 Å². The van der Waals surface area contributed by atoms with Crippen LogP contribution in [0.15, 0.2) is 28.7 Å². The zero-order valence-electron chi connectivity index (χ0n) is 18.3. The molecule has 31 heavy (non-hydrogen) atoms. The Hall–Kier alpha value is -1.93. The van der Waals surface area contributed by atoms with E-state index in [0.29, 0.717) is 16.7 Å². The molecular weight excluding hydrogens is 412 g/mol. The third kappa shape index (κ3) is 4.65. The number of oxazole rings is 1. The van der Waals surface area contributed by atoms with Crippen molar-refractivity contribution in [2.75, 3.05) is 52.4 Å². The van der Waals surface area contributed by atoms with Crippen molar-refractivity contribution in [2.24, 2.45) is 0 Å². The predicted molar refractivity (Wildman–Crippen MR) is 122 cm³/mol. The van der Waals surface area contributed by atoms with Gasteiger partial charge in [0.2, 0.25) is 0 Å². The van der Waals surface area contributed by atoms with Gasteiger partial charge < -0.3 is 9.32 Å². The second kappa shape index (κ2) is 9.28. The SMILES string of the molecule is Cc1c(CN2CCN(CCN3CCCCC3)CC2)oc2nc(-c3ccccc3Cl)nn12. The molecule has 2 aliphatic heterocycles. The Labute approximate surface area is 188 Å². The Balaban J connectivity index is 1.17. The lowest BCUT2D eigenvalue weighted by Crippen LogP contribution is -2.48. The van der Waals surface area contributed by atoms with E-state index in [1.54, 1.807) is 4.52 Å². The summed E-state index contributed by atoms with van der Waals surface area (Å²) in [6.45, 7) is 12.2. The first kappa shape index (κ1) is 20.9. The molecule has 0 radical (unpaired) electrons. The molecule has 0 saturated carbocycles. The summed E-state index contributed by atoms with van der Waals surface area (Å²) in [5.74, 6) is 2.08. The van der Waals surface area contributed by atoms with Gasteiger partial charge >= 0.3 is 5.84 Å². The predicted octanol–water partition coefficient (Wildman–Crippen LogP) is 3.55. The van der Waals surface area contributed by atoms with Crippen molar-refractivity contribution < 1.29 is 4.42 Å².